The molecule has 5 rings (SSSR count). The number of carbonyl (C=O) groups is 3. The van der Waals surface area contributed by atoms with Crippen LogP contribution in [0.1, 0.15) is 45.1 Å². The van der Waals surface area contributed by atoms with E-state index in [1.54, 1.807) is 25.9 Å². The third-order valence-corrected chi connectivity index (χ3v) is 9.03. The third kappa shape index (κ3) is 7.37. The van der Waals surface area contributed by atoms with Crippen molar-refractivity contribution >= 4 is 39.5 Å². The zero-order chi connectivity index (χ0) is 30.7. The van der Waals surface area contributed by atoms with Crippen LogP contribution in [-0.4, -0.2) is 95.7 Å². The summed E-state index contributed by atoms with van der Waals surface area (Å²) in [6.45, 7) is 6.75. The molecule has 11 heteroatoms. The Labute approximate surface area is 261 Å². The number of halogens is 1. The molecule has 1 atom stereocenters. The molecule has 2 saturated heterocycles. The number of piperazine rings is 1. The van der Waals surface area contributed by atoms with E-state index in [0.717, 1.165) is 53.7 Å². The van der Waals surface area contributed by atoms with Gasteiger partial charge in [0, 0.05) is 73.6 Å². The summed E-state index contributed by atoms with van der Waals surface area (Å²) < 4.78 is 12.8. The van der Waals surface area contributed by atoms with Crippen LogP contribution >= 0.6 is 15.9 Å². The van der Waals surface area contributed by atoms with Crippen LogP contribution < -0.4 is 14.4 Å². The highest BCUT2D eigenvalue weighted by Crippen LogP contribution is 2.35. The van der Waals surface area contributed by atoms with Gasteiger partial charge in [-0.3, -0.25) is 9.59 Å². The number of carbonyl (C=O) groups excluding carboxylic acids is 2. The standard InChI is InChI=1S/C32H41BrN4O6/c1-32(2,30(39)34-14-16-35(17-15-34)31(40)41)43-27-8-4-7-26(19-27)36-13-5-6-23(20-36)29(38)37(25-11-12-25)21-22-9-10-24(33)18-28(22)42-3/h4,7-10,18-19,23,25H,5-6,11-17,20-21H2,1-3H3,(H,40,41). The summed E-state index contributed by atoms with van der Waals surface area (Å²) in [5, 5.41) is 9.21. The number of nitrogens with zero attached hydrogens (tertiary/aromatic N) is 4. The maximum absolute atomic E-state index is 13.9. The first-order valence-electron chi connectivity index (χ1n) is 15.0. The van der Waals surface area contributed by atoms with Gasteiger partial charge in [-0.05, 0) is 63.8 Å². The van der Waals surface area contributed by atoms with E-state index in [1.807, 2.05) is 47.4 Å². The molecule has 232 valence electrons. The van der Waals surface area contributed by atoms with E-state index in [1.165, 1.54) is 4.90 Å². The molecule has 2 heterocycles. The van der Waals surface area contributed by atoms with Gasteiger partial charge in [-0.1, -0.05) is 28.1 Å². The molecule has 0 bridgehead atoms. The smallest absolute Gasteiger partial charge is 0.407 e. The van der Waals surface area contributed by atoms with Crippen molar-refractivity contribution < 1.29 is 29.0 Å². The summed E-state index contributed by atoms with van der Waals surface area (Å²) in [5.41, 5.74) is 0.841. The average Bonchev–Trinajstić information content (AvgIpc) is 3.85. The zero-order valence-electron chi connectivity index (χ0n) is 25.1. The number of hydrogen-bond acceptors (Lipinski definition) is 6. The fraction of sp³-hybridized carbons (Fsp3) is 0.531. The van der Waals surface area contributed by atoms with Crippen LogP contribution in [0.4, 0.5) is 10.5 Å². The van der Waals surface area contributed by atoms with Crippen molar-refractivity contribution in [1.29, 1.82) is 0 Å². The van der Waals surface area contributed by atoms with Crippen LogP contribution in [0.2, 0.25) is 0 Å². The third-order valence-electron chi connectivity index (χ3n) is 8.54. The highest BCUT2D eigenvalue weighted by molar-refractivity contribution is 9.10. The van der Waals surface area contributed by atoms with E-state index in [2.05, 4.69) is 20.8 Å². The summed E-state index contributed by atoms with van der Waals surface area (Å²) in [5.74, 6) is 1.27. The van der Waals surface area contributed by atoms with Crippen LogP contribution in [0.3, 0.4) is 0 Å². The molecule has 2 aliphatic heterocycles. The number of amides is 3. The molecule has 1 aliphatic carbocycles. The largest absolute Gasteiger partial charge is 0.496 e. The molecule has 1 saturated carbocycles. The SMILES string of the molecule is COc1cc(Br)ccc1CN(C(=O)C1CCCN(c2cccc(OC(C)(C)C(=O)N3CCN(C(=O)O)CC3)c2)C1)C1CC1. The van der Waals surface area contributed by atoms with Crippen molar-refractivity contribution in [2.24, 2.45) is 5.92 Å². The number of carboxylic acid groups (broad SMARTS) is 1. The molecule has 2 aromatic carbocycles. The second-order valence-corrected chi connectivity index (χ2v) is 13.0. The highest BCUT2D eigenvalue weighted by Gasteiger charge is 2.39. The summed E-state index contributed by atoms with van der Waals surface area (Å²) >= 11 is 3.50. The Morgan fingerprint density at radius 3 is 2.40 bits per heavy atom. The number of piperidine rings is 1. The molecule has 3 aliphatic rings. The van der Waals surface area contributed by atoms with Crippen LogP contribution in [0, 0.1) is 5.92 Å². The van der Waals surface area contributed by atoms with Gasteiger partial charge in [-0.2, -0.15) is 0 Å². The van der Waals surface area contributed by atoms with Gasteiger partial charge >= 0.3 is 6.09 Å². The number of methoxy groups -OCH3 is 1. The van der Waals surface area contributed by atoms with E-state index in [9.17, 15) is 19.5 Å². The van der Waals surface area contributed by atoms with Gasteiger partial charge in [0.2, 0.25) is 5.91 Å². The van der Waals surface area contributed by atoms with Crippen LogP contribution in [0.25, 0.3) is 0 Å². The average molecular weight is 658 g/mol. The maximum atomic E-state index is 13.9. The Morgan fingerprint density at radius 1 is 1.00 bits per heavy atom. The van der Waals surface area contributed by atoms with E-state index < -0.39 is 11.7 Å². The van der Waals surface area contributed by atoms with Crippen molar-refractivity contribution in [2.75, 3.05) is 51.3 Å². The lowest BCUT2D eigenvalue weighted by Gasteiger charge is -2.38. The number of hydrogen-bond donors (Lipinski definition) is 1. The number of benzene rings is 2. The summed E-state index contributed by atoms with van der Waals surface area (Å²) in [7, 11) is 1.66. The fourth-order valence-corrected chi connectivity index (χ4v) is 6.36. The predicted molar refractivity (Wildman–Crippen MR) is 167 cm³/mol. The van der Waals surface area contributed by atoms with Gasteiger partial charge in [0.15, 0.2) is 5.60 Å². The Kier molecular flexibility index (Phi) is 9.39. The lowest BCUT2D eigenvalue weighted by Crippen LogP contribution is -2.56. The van der Waals surface area contributed by atoms with Crippen molar-refractivity contribution in [3.05, 3.63) is 52.5 Å². The number of anilines is 1. The van der Waals surface area contributed by atoms with Crippen molar-refractivity contribution in [1.82, 2.24) is 14.7 Å². The van der Waals surface area contributed by atoms with Crippen LogP contribution in [0.5, 0.6) is 11.5 Å². The van der Waals surface area contributed by atoms with Gasteiger partial charge in [0.05, 0.1) is 13.0 Å². The maximum Gasteiger partial charge on any atom is 0.407 e. The summed E-state index contributed by atoms with van der Waals surface area (Å²) in [6.07, 6.45) is 2.86. The summed E-state index contributed by atoms with van der Waals surface area (Å²) in [6, 6.07) is 13.9. The van der Waals surface area contributed by atoms with Gasteiger partial charge in [-0.25, -0.2) is 4.79 Å². The molecule has 3 fully saturated rings. The quantitative estimate of drug-likeness (QED) is 0.412. The minimum absolute atomic E-state index is 0.108. The van der Waals surface area contributed by atoms with Gasteiger partial charge in [0.25, 0.3) is 5.91 Å². The number of ether oxygens (including phenoxy) is 2. The Hall–Kier alpha value is -3.47. The zero-order valence-corrected chi connectivity index (χ0v) is 26.7. The van der Waals surface area contributed by atoms with Crippen molar-refractivity contribution in [3.8, 4) is 11.5 Å². The first kappa shape index (κ1) is 31.0. The van der Waals surface area contributed by atoms with Gasteiger partial charge < -0.3 is 34.2 Å². The minimum atomic E-state index is -1.12. The Bertz CT molecular complexity index is 1340. The molecule has 1 unspecified atom stereocenters. The molecule has 2 aromatic rings. The topological polar surface area (TPSA) is 103 Å². The van der Waals surface area contributed by atoms with E-state index in [4.69, 9.17) is 9.47 Å². The van der Waals surface area contributed by atoms with Crippen molar-refractivity contribution in [2.45, 2.75) is 57.7 Å². The Morgan fingerprint density at radius 2 is 1.72 bits per heavy atom. The molecule has 10 nitrogen and oxygen atoms in total. The molecule has 3 amide bonds. The second kappa shape index (κ2) is 13.0. The van der Waals surface area contributed by atoms with Gasteiger partial charge in [-0.15, -0.1) is 0 Å². The van der Waals surface area contributed by atoms with E-state index >= 15 is 0 Å². The van der Waals surface area contributed by atoms with E-state index in [-0.39, 0.29) is 36.9 Å². The molecule has 0 spiro atoms. The molecule has 0 aromatic heterocycles. The molecule has 1 N–H and O–H groups in total. The first-order chi connectivity index (χ1) is 20.6. The minimum Gasteiger partial charge on any atom is -0.496 e. The van der Waals surface area contributed by atoms with Gasteiger partial charge in [0.1, 0.15) is 11.5 Å². The second-order valence-electron chi connectivity index (χ2n) is 12.1. The normalized spacial score (nSPS) is 19.2. The number of rotatable bonds is 9. The lowest BCUT2D eigenvalue weighted by molar-refractivity contribution is -0.147. The fourth-order valence-electron chi connectivity index (χ4n) is 6.02. The molecular weight excluding hydrogens is 616 g/mol. The molecule has 43 heavy (non-hydrogen) atoms. The molecular formula is C32H41BrN4O6. The summed E-state index contributed by atoms with van der Waals surface area (Å²) in [4.78, 5) is 45.7. The predicted octanol–water partition coefficient (Wildman–Crippen LogP) is 4.84. The lowest BCUT2D eigenvalue weighted by atomic mass is 9.95. The highest BCUT2D eigenvalue weighted by atomic mass is 79.9. The van der Waals surface area contributed by atoms with Crippen molar-refractivity contribution in [3.63, 3.8) is 0 Å². The molecule has 0 radical (unpaired) electrons. The van der Waals surface area contributed by atoms with Crippen LogP contribution in [-0.2, 0) is 16.1 Å². The van der Waals surface area contributed by atoms with Crippen LogP contribution in [0.15, 0.2) is 46.9 Å². The monoisotopic (exact) mass is 656 g/mol. The first-order valence-corrected chi connectivity index (χ1v) is 15.8. The Balaban J connectivity index is 1.23. The van der Waals surface area contributed by atoms with E-state index in [0.29, 0.717) is 31.9 Å².